The lowest BCUT2D eigenvalue weighted by Crippen LogP contribution is -2.48. The van der Waals surface area contributed by atoms with Crippen LogP contribution >= 0.6 is 15.9 Å². The minimum absolute atomic E-state index is 0.263. The number of rotatable bonds is 4. The van der Waals surface area contributed by atoms with Gasteiger partial charge in [0.05, 0.1) is 25.5 Å². The number of morpholine rings is 1. The molecule has 1 aliphatic heterocycles. The first-order chi connectivity index (χ1) is 9.56. The lowest BCUT2D eigenvalue weighted by Gasteiger charge is -2.37. The smallest absolute Gasteiger partial charge is 0.128 e. The van der Waals surface area contributed by atoms with Gasteiger partial charge in [-0.1, -0.05) is 15.9 Å². The number of nitrogens with zero attached hydrogens (tertiary/aromatic N) is 2. The molecule has 1 aromatic heterocycles. The van der Waals surface area contributed by atoms with Crippen LogP contribution in [0, 0.1) is 13.8 Å². The third-order valence-corrected chi connectivity index (χ3v) is 4.63. The Morgan fingerprint density at radius 3 is 2.90 bits per heavy atom. The summed E-state index contributed by atoms with van der Waals surface area (Å²) < 4.78 is 11.3. The van der Waals surface area contributed by atoms with Crippen molar-refractivity contribution < 1.29 is 9.47 Å². The van der Waals surface area contributed by atoms with E-state index in [0.29, 0.717) is 6.04 Å². The Morgan fingerprint density at radius 2 is 2.25 bits per heavy atom. The van der Waals surface area contributed by atoms with Gasteiger partial charge in [-0.15, -0.1) is 0 Å². The Morgan fingerprint density at radius 1 is 1.50 bits per heavy atom. The molecule has 0 aromatic carbocycles. The Bertz CT molecular complexity index is 467. The van der Waals surface area contributed by atoms with E-state index in [1.165, 1.54) is 0 Å². The van der Waals surface area contributed by atoms with Gasteiger partial charge in [0, 0.05) is 41.8 Å². The molecular weight excluding hydrogens is 320 g/mol. The summed E-state index contributed by atoms with van der Waals surface area (Å²) in [6, 6.07) is 0.416. The summed E-state index contributed by atoms with van der Waals surface area (Å²) in [6.07, 6.45) is 2.16. The van der Waals surface area contributed by atoms with E-state index in [1.54, 1.807) is 7.11 Å². The Hall–Kier alpha value is -0.650. The largest absolute Gasteiger partial charge is 0.496 e. The molecular formula is C15H23BrN2O2. The van der Waals surface area contributed by atoms with Gasteiger partial charge in [0.1, 0.15) is 5.75 Å². The highest BCUT2D eigenvalue weighted by Gasteiger charge is 2.26. The SMILES string of the molecule is COc1c(C)cnc(CN2CC(CBr)OCC2C)c1C. The van der Waals surface area contributed by atoms with Gasteiger partial charge >= 0.3 is 0 Å². The summed E-state index contributed by atoms with van der Waals surface area (Å²) in [5, 5.41) is 0.875. The Labute approximate surface area is 129 Å². The van der Waals surface area contributed by atoms with Crippen LogP contribution in [0.15, 0.2) is 6.20 Å². The van der Waals surface area contributed by atoms with Gasteiger partial charge < -0.3 is 9.47 Å². The number of aromatic nitrogens is 1. The third kappa shape index (κ3) is 3.32. The maximum atomic E-state index is 5.77. The minimum Gasteiger partial charge on any atom is -0.496 e. The van der Waals surface area contributed by atoms with E-state index < -0.39 is 0 Å². The molecule has 0 radical (unpaired) electrons. The molecule has 2 atom stereocenters. The van der Waals surface area contributed by atoms with Gasteiger partial charge in [-0.05, 0) is 20.8 Å². The molecule has 5 heteroatoms. The van der Waals surface area contributed by atoms with Crippen LogP contribution in [0.2, 0.25) is 0 Å². The van der Waals surface area contributed by atoms with Crippen LogP contribution in [0.4, 0.5) is 0 Å². The number of halogens is 1. The van der Waals surface area contributed by atoms with Crippen LogP contribution in [-0.2, 0) is 11.3 Å². The van der Waals surface area contributed by atoms with Crippen molar-refractivity contribution in [2.45, 2.75) is 39.5 Å². The monoisotopic (exact) mass is 342 g/mol. The van der Waals surface area contributed by atoms with E-state index in [4.69, 9.17) is 9.47 Å². The lowest BCUT2D eigenvalue weighted by molar-refractivity contribution is -0.0504. The van der Waals surface area contributed by atoms with Gasteiger partial charge in [0.15, 0.2) is 0 Å². The van der Waals surface area contributed by atoms with Crippen molar-refractivity contribution in [3.05, 3.63) is 23.0 Å². The number of methoxy groups -OCH3 is 1. The van der Waals surface area contributed by atoms with Crippen LogP contribution in [0.3, 0.4) is 0 Å². The number of hydrogen-bond acceptors (Lipinski definition) is 4. The van der Waals surface area contributed by atoms with Crippen molar-refractivity contribution >= 4 is 15.9 Å². The van der Waals surface area contributed by atoms with E-state index in [0.717, 1.165) is 47.6 Å². The van der Waals surface area contributed by atoms with Crippen LogP contribution in [-0.4, -0.2) is 47.6 Å². The molecule has 1 aliphatic rings. The Balaban J connectivity index is 2.16. The number of hydrogen-bond donors (Lipinski definition) is 0. The maximum Gasteiger partial charge on any atom is 0.128 e. The standard InChI is InChI=1S/C15H23BrN2O2/c1-10-6-17-14(12(3)15(10)19-4)8-18-7-13(5-16)20-9-11(18)2/h6,11,13H,5,7-9H2,1-4H3. The second-order valence-electron chi connectivity index (χ2n) is 5.43. The summed E-state index contributed by atoms with van der Waals surface area (Å²) in [6.45, 7) is 8.87. The van der Waals surface area contributed by atoms with Crippen molar-refractivity contribution in [3.63, 3.8) is 0 Å². The molecule has 20 heavy (non-hydrogen) atoms. The first-order valence-corrected chi connectivity index (χ1v) is 8.09. The molecule has 0 saturated carbocycles. The van der Waals surface area contributed by atoms with Crippen LogP contribution in [0.5, 0.6) is 5.75 Å². The second-order valence-corrected chi connectivity index (χ2v) is 6.08. The molecule has 0 aliphatic carbocycles. The summed E-state index contributed by atoms with van der Waals surface area (Å²) in [4.78, 5) is 7.02. The van der Waals surface area contributed by atoms with Gasteiger partial charge in [-0.2, -0.15) is 0 Å². The zero-order valence-corrected chi connectivity index (χ0v) is 14.2. The van der Waals surface area contributed by atoms with Gasteiger partial charge in [-0.3, -0.25) is 9.88 Å². The topological polar surface area (TPSA) is 34.6 Å². The van der Waals surface area contributed by atoms with Crippen molar-refractivity contribution in [1.29, 1.82) is 0 Å². The number of pyridine rings is 1. The van der Waals surface area contributed by atoms with Crippen molar-refractivity contribution in [1.82, 2.24) is 9.88 Å². The predicted molar refractivity (Wildman–Crippen MR) is 83.7 cm³/mol. The molecule has 0 bridgehead atoms. The third-order valence-electron chi connectivity index (χ3n) is 3.91. The molecule has 1 fully saturated rings. The van der Waals surface area contributed by atoms with Crippen LogP contribution < -0.4 is 4.74 Å². The van der Waals surface area contributed by atoms with E-state index >= 15 is 0 Å². The first-order valence-electron chi connectivity index (χ1n) is 6.97. The van der Waals surface area contributed by atoms with E-state index in [2.05, 4.69) is 39.7 Å². The quantitative estimate of drug-likeness (QED) is 0.788. The molecule has 112 valence electrons. The van der Waals surface area contributed by atoms with Crippen molar-refractivity contribution in [3.8, 4) is 5.75 Å². The summed E-state index contributed by atoms with van der Waals surface area (Å²) in [7, 11) is 1.72. The normalized spacial score (nSPS) is 23.9. The summed E-state index contributed by atoms with van der Waals surface area (Å²) >= 11 is 3.50. The number of ether oxygens (including phenoxy) is 2. The fourth-order valence-corrected chi connectivity index (χ4v) is 3.00. The van der Waals surface area contributed by atoms with Gasteiger partial charge in [0.25, 0.3) is 0 Å². The molecule has 4 nitrogen and oxygen atoms in total. The Kier molecular flexibility index (Phi) is 5.41. The van der Waals surface area contributed by atoms with E-state index in [1.807, 2.05) is 13.1 Å². The van der Waals surface area contributed by atoms with Crippen molar-refractivity contribution in [2.24, 2.45) is 0 Å². The second kappa shape index (κ2) is 6.87. The highest BCUT2D eigenvalue weighted by Crippen LogP contribution is 2.26. The average molecular weight is 343 g/mol. The van der Waals surface area contributed by atoms with E-state index in [9.17, 15) is 0 Å². The van der Waals surface area contributed by atoms with Crippen LogP contribution in [0.1, 0.15) is 23.7 Å². The predicted octanol–water partition coefficient (Wildman–Crippen LogP) is 2.69. The minimum atomic E-state index is 0.263. The highest BCUT2D eigenvalue weighted by atomic mass is 79.9. The molecule has 1 saturated heterocycles. The van der Waals surface area contributed by atoms with Gasteiger partial charge in [-0.25, -0.2) is 0 Å². The average Bonchev–Trinajstić information content (AvgIpc) is 2.44. The zero-order valence-electron chi connectivity index (χ0n) is 12.6. The number of alkyl halides is 1. The van der Waals surface area contributed by atoms with Crippen molar-refractivity contribution in [2.75, 3.05) is 25.6 Å². The molecule has 2 unspecified atom stereocenters. The summed E-state index contributed by atoms with van der Waals surface area (Å²) in [5.41, 5.74) is 3.32. The van der Waals surface area contributed by atoms with E-state index in [-0.39, 0.29) is 6.10 Å². The van der Waals surface area contributed by atoms with Gasteiger partial charge in [0.2, 0.25) is 0 Å². The molecule has 0 N–H and O–H groups in total. The zero-order chi connectivity index (χ0) is 14.7. The first kappa shape index (κ1) is 15.7. The summed E-state index contributed by atoms with van der Waals surface area (Å²) in [5.74, 6) is 0.952. The highest BCUT2D eigenvalue weighted by molar-refractivity contribution is 9.09. The number of aryl methyl sites for hydroxylation is 1. The lowest BCUT2D eigenvalue weighted by atomic mass is 10.1. The molecule has 1 aromatic rings. The molecule has 2 rings (SSSR count). The maximum absolute atomic E-state index is 5.77. The molecule has 0 spiro atoms. The fraction of sp³-hybridized carbons (Fsp3) is 0.667. The van der Waals surface area contributed by atoms with Crippen LogP contribution in [0.25, 0.3) is 0 Å². The fourth-order valence-electron chi connectivity index (χ4n) is 2.61. The molecule has 2 heterocycles. The molecule has 0 amide bonds.